The summed E-state index contributed by atoms with van der Waals surface area (Å²) < 4.78 is 5.04. The highest BCUT2D eigenvalue weighted by Gasteiger charge is 2.24. The molecule has 1 aliphatic rings. The number of methoxy groups -OCH3 is 1. The van der Waals surface area contributed by atoms with Gasteiger partial charge in [-0.2, -0.15) is 0 Å². The average molecular weight is 299 g/mol. The van der Waals surface area contributed by atoms with E-state index in [9.17, 15) is 9.90 Å². The van der Waals surface area contributed by atoms with Crippen LogP contribution in [0.4, 0.5) is 0 Å². The maximum Gasteiger partial charge on any atom is 0.255 e. The number of amides is 1. The van der Waals surface area contributed by atoms with Crippen molar-refractivity contribution in [2.24, 2.45) is 0 Å². The SMILES string of the molecule is COCCN1CC[C@H](NC(=O)c2cc(Cl)ccc2O)C1. The molecule has 0 radical (unpaired) electrons. The topological polar surface area (TPSA) is 61.8 Å². The van der Waals surface area contributed by atoms with Crippen LogP contribution >= 0.6 is 11.6 Å². The zero-order chi connectivity index (χ0) is 14.5. The summed E-state index contributed by atoms with van der Waals surface area (Å²) in [6, 6.07) is 4.55. The molecule has 1 amide bonds. The van der Waals surface area contributed by atoms with Crippen molar-refractivity contribution >= 4 is 17.5 Å². The van der Waals surface area contributed by atoms with E-state index < -0.39 is 0 Å². The molecule has 1 atom stereocenters. The quantitative estimate of drug-likeness (QED) is 0.865. The summed E-state index contributed by atoms with van der Waals surface area (Å²) in [6.45, 7) is 3.30. The van der Waals surface area contributed by atoms with Gasteiger partial charge in [0.25, 0.3) is 5.91 Å². The van der Waals surface area contributed by atoms with Gasteiger partial charge in [0.2, 0.25) is 0 Å². The predicted molar refractivity (Wildman–Crippen MR) is 77.3 cm³/mol. The predicted octanol–water partition coefficient (Wildman–Crippen LogP) is 1.50. The van der Waals surface area contributed by atoms with Crippen molar-refractivity contribution < 1.29 is 14.6 Å². The number of carbonyl (C=O) groups is 1. The minimum Gasteiger partial charge on any atom is -0.507 e. The van der Waals surface area contributed by atoms with Crippen LogP contribution in [0.15, 0.2) is 18.2 Å². The third kappa shape index (κ3) is 3.85. The summed E-state index contributed by atoms with van der Waals surface area (Å²) in [7, 11) is 1.68. The second kappa shape index (κ2) is 6.92. The van der Waals surface area contributed by atoms with Gasteiger partial charge in [0, 0.05) is 37.8 Å². The molecule has 0 bridgehead atoms. The van der Waals surface area contributed by atoms with Crippen LogP contribution in [-0.4, -0.2) is 55.3 Å². The number of benzene rings is 1. The van der Waals surface area contributed by atoms with Crippen LogP contribution in [0.3, 0.4) is 0 Å². The molecule has 1 saturated heterocycles. The molecular formula is C14H19ClN2O3. The van der Waals surface area contributed by atoms with E-state index in [4.69, 9.17) is 16.3 Å². The van der Waals surface area contributed by atoms with Crippen LogP contribution in [0.1, 0.15) is 16.8 Å². The molecule has 0 saturated carbocycles. The number of aromatic hydroxyl groups is 1. The number of ether oxygens (including phenoxy) is 1. The van der Waals surface area contributed by atoms with Gasteiger partial charge in [-0.25, -0.2) is 0 Å². The van der Waals surface area contributed by atoms with Crippen LogP contribution in [0.5, 0.6) is 5.75 Å². The highest BCUT2D eigenvalue weighted by molar-refractivity contribution is 6.31. The molecule has 20 heavy (non-hydrogen) atoms. The molecule has 110 valence electrons. The number of phenolic OH excluding ortho intramolecular Hbond substituents is 1. The van der Waals surface area contributed by atoms with E-state index in [1.807, 2.05) is 0 Å². The molecule has 0 aliphatic carbocycles. The van der Waals surface area contributed by atoms with Gasteiger partial charge < -0.3 is 15.2 Å². The number of carbonyl (C=O) groups excluding carboxylic acids is 1. The normalized spacial score (nSPS) is 19.2. The molecule has 1 aromatic carbocycles. The molecule has 2 N–H and O–H groups in total. The van der Waals surface area contributed by atoms with Gasteiger partial charge in [-0.05, 0) is 24.6 Å². The summed E-state index contributed by atoms with van der Waals surface area (Å²) in [5, 5.41) is 13.1. The fourth-order valence-corrected chi connectivity index (χ4v) is 2.50. The number of likely N-dealkylation sites (tertiary alicyclic amines) is 1. The largest absolute Gasteiger partial charge is 0.507 e. The van der Waals surface area contributed by atoms with Crippen LogP contribution in [0.25, 0.3) is 0 Å². The number of nitrogens with one attached hydrogen (secondary N) is 1. The number of phenols is 1. The summed E-state index contributed by atoms with van der Waals surface area (Å²) in [4.78, 5) is 14.4. The Balaban J connectivity index is 1.91. The van der Waals surface area contributed by atoms with Crippen molar-refractivity contribution in [2.75, 3.05) is 33.4 Å². The summed E-state index contributed by atoms with van der Waals surface area (Å²) in [5.41, 5.74) is 0.216. The highest BCUT2D eigenvalue weighted by atomic mass is 35.5. The van der Waals surface area contributed by atoms with Crippen molar-refractivity contribution in [1.29, 1.82) is 0 Å². The Labute approximate surface area is 123 Å². The van der Waals surface area contributed by atoms with E-state index >= 15 is 0 Å². The second-order valence-corrected chi connectivity index (χ2v) is 5.35. The van der Waals surface area contributed by atoms with Gasteiger partial charge in [0.15, 0.2) is 0 Å². The van der Waals surface area contributed by atoms with Gasteiger partial charge in [0.1, 0.15) is 5.75 Å². The molecule has 1 fully saturated rings. The molecule has 6 heteroatoms. The lowest BCUT2D eigenvalue weighted by Gasteiger charge is -2.16. The van der Waals surface area contributed by atoms with Gasteiger partial charge in [0.05, 0.1) is 12.2 Å². The smallest absolute Gasteiger partial charge is 0.255 e. The van der Waals surface area contributed by atoms with Crippen molar-refractivity contribution in [3.8, 4) is 5.75 Å². The maximum absolute atomic E-state index is 12.1. The molecule has 2 rings (SSSR count). The Morgan fingerprint density at radius 3 is 3.15 bits per heavy atom. The Bertz CT molecular complexity index is 481. The Kier molecular flexibility index (Phi) is 5.23. The van der Waals surface area contributed by atoms with E-state index in [0.717, 1.165) is 26.1 Å². The van der Waals surface area contributed by atoms with Gasteiger partial charge in [-0.3, -0.25) is 9.69 Å². The minimum atomic E-state index is -0.288. The minimum absolute atomic E-state index is 0.0545. The van der Waals surface area contributed by atoms with E-state index in [-0.39, 0.29) is 23.3 Å². The zero-order valence-corrected chi connectivity index (χ0v) is 12.2. The zero-order valence-electron chi connectivity index (χ0n) is 11.4. The van der Waals surface area contributed by atoms with Crippen molar-refractivity contribution in [3.05, 3.63) is 28.8 Å². The maximum atomic E-state index is 12.1. The monoisotopic (exact) mass is 298 g/mol. The van der Waals surface area contributed by atoms with Crippen molar-refractivity contribution in [1.82, 2.24) is 10.2 Å². The molecule has 1 aliphatic heterocycles. The Hall–Kier alpha value is -1.30. The first-order chi connectivity index (χ1) is 9.60. The summed E-state index contributed by atoms with van der Waals surface area (Å²) in [6.07, 6.45) is 0.900. The van der Waals surface area contributed by atoms with Crippen LogP contribution in [-0.2, 0) is 4.74 Å². The fraction of sp³-hybridized carbons (Fsp3) is 0.500. The number of rotatable bonds is 5. The second-order valence-electron chi connectivity index (χ2n) is 4.91. The number of halogens is 1. The molecule has 0 unspecified atom stereocenters. The third-order valence-electron chi connectivity index (χ3n) is 3.42. The number of nitrogens with zero attached hydrogens (tertiary/aromatic N) is 1. The van der Waals surface area contributed by atoms with E-state index in [0.29, 0.717) is 11.6 Å². The fourth-order valence-electron chi connectivity index (χ4n) is 2.33. The molecular weight excluding hydrogens is 280 g/mol. The molecule has 1 heterocycles. The molecule has 0 spiro atoms. The first kappa shape index (κ1) is 15.1. The molecule has 1 aromatic rings. The Morgan fingerprint density at radius 1 is 1.60 bits per heavy atom. The van der Waals surface area contributed by atoms with E-state index in [2.05, 4.69) is 10.2 Å². The van der Waals surface area contributed by atoms with Gasteiger partial charge >= 0.3 is 0 Å². The van der Waals surface area contributed by atoms with Crippen LogP contribution in [0.2, 0.25) is 5.02 Å². The third-order valence-corrected chi connectivity index (χ3v) is 3.66. The molecule has 5 nitrogen and oxygen atoms in total. The molecule has 0 aromatic heterocycles. The standard InChI is InChI=1S/C14H19ClN2O3/c1-20-7-6-17-5-4-11(9-17)16-14(19)12-8-10(15)2-3-13(12)18/h2-3,8,11,18H,4-7,9H2,1H3,(H,16,19)/t11-/m0/s1. The van der Waals surface area contributed by atoms with Crippen LogP contribution in [0, 0.1) is 0 Å². The lowest BCUT2D eigenvalue weighted by Crippen LogP contribution is -2.37. The van der Waals surface area contributed by atoms with Gasteiger partial charge in [-0.1, -0.05) is 11.6 Å². The van der Waals surface area contributed by atoms with Crippen LogP contribution < -0.4 is 5.32 Å². The number of hydrogen-bond acceptors (Lipinski definition) is 4. The van der Waals surface area contributed by atoms with E-state index in [1.54, 1.807) is 13.2 Å². The average Bonchev–Trinajstić information content (AvgIpc) is 2.86. The highest BCUT2D eigenvalue weighted by Crippen LogP contribution is 2.21. The van der Waals surface area contributed by atoms with E-state index in [1.165, 1.54) is 12.1 Å². The van der Waals surface area contributed by atoms with Gasteiger partial charge in [-0.15, -0.1) is 0 Å². The van der Waals surface area contributed by atoms with Crippen molar-refractivity contribution in [3.63, 3.8) is 0 Å². The Morgan fingerprint density at radius 2 is 2.40 bits per heavy atom. The summed E-state index contributed by atoms with van der Waals surface area (Å²) >= 11 is 5.84. The lowest BCUT2D eigenvalue weighted by molar-refractivity contribution is 0.0934. The number of hydrogen-bond donors (Lipinski definition) is 2. The first-order valence-corrected chi connectivity index (χ1v) is 6.98. The van der Waals surface area contributed by atoms with Crippen molar-refractivity contribution in [2.45, 2.75) is 12.5 Å². The summed E-state index contributed by atoms with van der Waals surface area (Å²) in [5.74, 6) is -0.343. The lowest BCUT2D eigenvalue weighted by atomic mass is 10.1. The first-order valence-electron chi connectivity index (χ1n) is 6.61.